The topological polar surface area (TPSA) is 183 Å². The average Bonchev–Trinajstić information content (AvgIpc) is 3.83. The number of amides is 8. The molecule has 1 unspecified atom stereocenters. The zero-order valence-electron chi connectivity index (χ0n) is 31.7. The van der Waals surface area contributed by atoms with E-state index in [1.807, 2.05) is 25.7 Å². The molecule has 1 aromatic heterocycles. The number of urea groups is 3. The Labute approximate surface area is 314 Å². The lowest BCUT2D eigenvalue weighted by Crippen LogP contribution is -2.53. The van der Waals surface area contributed by atoms with E-state index < -0.39 is 47.6 Å². The largest absolute Gasteiger partial charge is 0.480 e. The first kappa shape index (κ1) is 38.3. The Balaban J connectivity index is 1.23. The number of hydrogen-bond donors (Lipinski definition) is 2. The molecular weight excluding hydrogens is 696 g/mol. The maximum atomic E-state index is 13.9. The van der Waals surface area contributed by atoms with Crippen LogP contribution in [0.3, 0.4) is 0 Å². The highest BCUT2D eigenvalue weighted by Crippen LogP contribution is 2.42. The molecule has 290 valence electrons. The van der Waals surface area contributed by atoms with Crippen molar-refractivity contribution in [1.82, 2.24) is 29.6 Å². The number of carbonyl (C=O) groups is 6. The molecule has 8 amide bonds. The molecule has 2 N–H and O–H groups in total. The fourth-order valence-electron chi connectivity index (χ4n) is 8.06. The van der Waals surface area contributed by atoms with Crippen LogP contribution in [0.5, 0.6) is 0 Å². The summed E-state index contributed by atoms with van der Waals surface area (Å²) < 4.78 is 0. The minimum atomic E-state index is -1.43. The van der Waals surface area contributed by atoms with Gasteiger partial charge in [-0.1, -0.05) is 31.4 Å². The highest BCUT2D eigenvalue weighted by molar-refractivity contribution is 6.23. The Morgan fingerprint density at radius 2 is 1.57 bits per heavy atom. The highest BCUT2D eigenvalue weighted by atomic mass is 16.4. The smallest absolute Gasteiger partial charge is 0.333 e. The summed E-state index contributed by atoms with van der Waals surface area (Å²) in [5, 5.41) is 13.5. The first-order valence-electron chi connectivity index (χ1n) is 18.9. The van der Waals surface area contributed by atoms with Crippen molar-refractivity contribution in [2.45, 2.75) is 89.9 Å². The molecule has 1 spiro atoms. The van der Waals surface area contributed by atoms with Crippen molar-refractivity contribution in [2.24, 2.45) is 0 Å². The van der Waals surface area contributed by atoms with Crippen molar-refractivity contribution in [3.63, 3.8) is 0 Å². The van der Waals surface area contributed by atoms with E-state index in [9.17, 15) is 33.9 Å². The van der Waals surface area contributed by atoms with Gasteiger partial charge in [0.2, 0.25) is 5.95 Å². The van der Waals surface area contributed by atoms with E-state index in [0.717, 1.165) is 46.8 Å². The van der Waals surface area contributed by atoms with Crippen LogP contribution in [0.2, 0.25) is 0 Å². The number of hydrogen-bond acceptors (Lipinski definition) is 10. The van der Waals surface area contributed by atoms with Crippen molar-refractivity contribution in [2.75, 3.05) is 66.8 Å². The number of nitrogens with zero attached hydrogens (tertiary/aromatic N) is 9. The van der Waals surface area contributed by atoms with E-state index in [4.69, 9.17) is 4.98 Å². The molecule has 2 atom stereocenters. The Kier molecular flexibility index (Phi) is 11.0. The minimum Gasteiger partial charge on any atom is -0.480 e. The molecular formula is C37H50N10O7. The number of benzene rings is 1. The van der Waals surface area contributed by atoms with Gasteiger partial charge in [0.15, 0.2) is 12.0 Å². The SMILES string of the molecule is CCN(CC)c1ncc(N(CC)C(=O)N2CCCC2)c(N[C@@H](Cc2ccc(N3C(=O)C(N4C(=O)N(C)C5(CCCCC5)C4=O)N(C)C3=O)cc2)C(=O)O)n1. The van der Waals surface area contributed by atoms with Crippen LogP contribution in [0.25, 0.3) is 0 Å². The van der Waals surface area contributed by atoms with Gasteiger partial charge in [0.05, 0.1) is 11.9 Å². The number of rotatable bonds is 12. The third kappa shape index (κ3) is 6.64. The van der Waals surface area contributed by atoms with Crippen molar-refractivity contribution in [1.29, 1.82) is 0 Å². The summed E-state index contributed by atoms with van der Waals surface area (Å²) >= 11 is 0. The summed E-state index contributed by atoms with van der Waals surface area (Å²) in [5.41, 5.74) is 0.144. The molecule has 17 nitrogen and oxygen atoms in total. The van der Waals surface area contributed by atoms with Crippen LogP contribution in [-0.2, 0) is 20.8 Å². The second-order valence-electron chi connectivity index (χ2n) is 14.3. The third-order valence-electron chi connectivity index (χ3n) is 11.2. The van der Waals surface area contributed by atoms with Gasteiger partial charge in [-0.3, -0.25) is 19.4 Å². The molecule has 4 fully saturated rings. The van der Waals surface area contributed by atoms with E-state index in [-0.39, 0.29) is 24.0 Å². The Bertz CT molecular complexity index is 1790. The monoisotopic (exact) mass is 746 g/mol. The number of aromatic nitrogens is 2. The molecule has 1 aliphatic carbocycles. The van der Waals surface area contributed by atoms with Crippen molar-refractivity contribution >= 4 is 59.0 Å². The summed E-state index contributed by atoms with van der Waals surface area (Å²) in [4.78, 5) is 99.7. The van der Waals surface area contributed by atoms with Crippen molar-refractivity contribution in [3.8, 4) is 0 Å². The molecule has 17 heteroatoms. The van der Waals surface area contributed by atoms with Crippen LogP contribution in [0.1, 0.15) is 71.3 Å². The van der Waals surface area contributed by atoms with Gasteiger partial charge in [-0.15, -0.1) is 0 Å². The summed E-state index contributed by atoms with van der Waals surface area (Å²) in [6.07, 6.45) is 5.49. The van der Waals surface area contributed by atoms with Gasteiger partial charge in [-0.2, -0.15) is 4.98 Å². The standard InChI is InChI=1S/C37H50N10O7/c1-6-43(7-2)33-38-23-27(45(8-3)36(54)44-20-12-13-21-44)28(40-33)39-26(31(49)50)22-24-14-16-25(17-15-24)46-30(48)29(41(4)34(46)52)47-32(51)37(42(5)35(47)53)18-10-9-11-19-37/h14-17,23,26,29H,6-13,18-22H2,1-5H3,(H,49,50)(H,38,39,40)/t26-,29?/m0/s1. The van der Waals surface area contributed by atoms with Gasteiger partial charge in [0.25, 0.3) is 11.8 Å². The van der Waals surface area contributed by atoms with Crippen LogP contribution in [0.4, 0.5) is 37.5 Å². The lowest BCUT2D eigenvalue weighted by atomic mass is 9.80. The van der Waals surface area contributed by atoms with E-state index in [2.05, 4.69) is 10.3 Å². The lowest BCUT2D eigenvalue weighted by Gasteiger charge is -2.36. The zero-order chi connectivity index (χ0) is 38.9. The number of anilines is 4. The number of likely N-dealkylation sites (N-methyl/N-ethyl adjacent to an activating group) is 2. The number of carboxylic acids is 1. The van der Waals surface area contributed by atoms with Crippen LogP contribution < -0.4 is 20.0 Å². The van der Waals surface area contributed by atoms with Crippen molar-refractivity contribution in [3.05, 3.63) is 36.0 Å². The highest BCUT2D eigenvalue weighted by Gasteiger charge is 2.62. The van der Waals surface area contributed by atoms with Gasteiger partial charge in [0.1, 0.15) is 17.3 Å². The second-order valence-corrected chi connectivity index (χ2v) is 14.3. The summed E-state index contributed by atoms with van der Waals surface area (Å²) in [6, 6.07) is 3.62. The van der Waals surface area contributed by atoms with Gasteiger partial charge in [0, 0.05) is 53.2 Å². The Morgan fingerprint density at radius 3 is 2.17 bits per heavy atom. The molecule has 3 saturated heterocycles. The van der Waals surface area contributed by atoms with Gasteiger partial charge in [-0.25, -0.2) is 34.0 Å². The van der Waals surface area contributed by atoms with Gasteiger partial charge < -0.3 is 25.1 Å². The van der Waals surface area contributed by atoms with Crippen LogP contribution in [0.15, 0.2) is 30.5 Å². The molecule has 4 heterocycles. The maximum absolute atomic E-state index is 13.9. The van der Waals surface area contributed by atoms with E-state index in [1.54, 1.807) is 35.2 Å². The quantitative estimate of drug-likeness (QED) is 0.302. The van der Waals surface area contributed by atoms with Crippen molar-refractivity contribution < 1.29 is 33.9 Å². The summed E-state index contributed by atoms with van der Waals surface area (Å²) in [5.74, 6) is -1.75. The average molecular weight is 747 g/mol. The van der Waals surface area contributed by atoms with E-state index in [0.29, 0.717) is 62.8 Å². The first-order chi connectivity index (χ1) is 25.9. The number of aliphatic carboxylic acids is 1. The third-order valence-corrected chi connectivity index (χ3v) is 11.2. The first-order valence-corrected chi connectivity index (χ1v) is 18.9. The molecule has 4 aliphatic rings. The number of nitrogens with one attached hydrogen (secondary N) is 1. The normalized spacial score (nSPS) is 20.4. The molecule has 1 aromatic carbocycles. The second kappa shape index (κ2) is 15.5. The fourth-order valence-corrected chi connectivity index (χ4v) is 8.06. The number of carboxylic acid groups (broad SMARTS) is 1. The van der Waals surface area contributed by atoms with E-state index >= 15 is 0 Å². The number of imide groups is 2. The van der Waals surface area contributed by atoms with Gasteiger partial charge >= 0.3 is 24.1 Å². The maximum Gasteiger partial charge on any atom is 0.333 e. The molecule has 54 heavy (non-hydrogen) atoms. The van der Waals surface area contributed by atoms with E-state index in [1.165, 1.54) is 24.1 Å². The molecule has 6 rings (SSSR count). The summed E-state index contributed by atoms with van der Waals surface area (Å²) in [7, 11) is 2.96. The molecule has 1 saturated carbocycles. The molecule has 0 bridgehead atoms. The van der Waals surface area contributed by atoms with Crippen LogP contribution in [0, 0.1) is 0 Å². The number of carbonyl (C=O) groups excluding carboxylic acids is 5. The van der Waals surface area contributed by atoms with Crippen LogP contribution >= 0.6 is 0 Å². The predicted molar refractivity (Wildman–Crippen MR) is 200 cm³/mol. The van der Waals surface area contributed by atoms with Crippen LogP contribution in [-0.4, -0.2) is 135 Å². The summed E-state index contributed by atoms with van der Waals surface area (Å²) in [6.45, 7) is 8.61. The lowest BCUT2D eigenvalue weighted by molar-refractivity contribution is -0.141. The molecule has 3 aliphatic heterocycles. The number of likely N-dealkylation sites (tertiary alicyclic amines) is 1. The van der Waals surface area contributed by atoms with Gasteiger partial charge in [-0.05, 0) is 64.2 Å². The fraction of sp³-hybridized carbons (Fsp3) is 0.568. The zero-order valence-corrected chi connectivity index (χ0v) is 31.7. The predicted octanol–water partition coefficient (Wildman–Crippen LogP) is 3.79. The Hall–Kier alpha value is -5.48. The minimum absolute atomic E-state index is 0.0124. The molecule has 2 aromatic rings. The molecule has 0 radical (unpaired) electrons. The Morgan fingerprint density at radius 1 is 0.926 bits per heavy atom.